The molecular formula is C13H18N2S2. The Hall–Kier alpha value is -0.740. The first-order valence-electron chi connectivity index (χ1n) is 5.84. The number of H-pyrrole nitrogens is 1. The zero-order valence-corrected chi connectivity index (χ0v) is 12.1. The number of para-hydroxylation sites is 1. The van der Waals surface area contributed by atoms with E-state index in [9.17, 15) is 0 Å². The van der Waals surface area contributed by atoms with Crippen LogP contribution < -0.4 is 0 Å². The molecule has 0 aliphatic rings. The van der Waals surface area contributed by atoms with Gasteiger partial charge in [0.15, 0.2) is 4.77 Å². The lowest BCUT2D eigenvalue weighted by atomic mass is 10.2. The first kappa shape index (κ1) is 12.7. The van der Waals surface area contributed by atoms with Gasteiger partial charge in [0.05, 0.1) is 11.0 Å². The van der Waals surface area contributed by atoms with Gasteiger partial charge in [-0.05, 0) is 56.1 Å². The van der Waals surface area contributed by atoms with E-state index in [1.54, 1.807) is 0 Å². The summed E-state index contributed by atoms with van der Waals surface area (Å²) >= 11 is 7.32. The van der Waals surface area contributed by atoms with Crippen molar-refractivity contribution in [2.45, 2.75) is 26.3 Å². The summed E-state index contributed by atoms with van der Waals surface area (Å²) in [6.45, 7) is 4.35. The number of aryl methyl sites for hydroxylation is 1. The number of aromatic amines is 1. The Bertz CT molecular complexity index is 568. The second-order valence-corrected chi connectivity index (χ2v) is 5.77. The number of benzene rings is 1. The summed E-state index contributed by atoms with van der Waals surface area (Å²) in [7, 11) is 0. The number of aromatic nitrogens is 2. The fourth-order valence-electron chi connectivity index (χ4n) is 2.15. The van der Waals surface area contributed by atoms with Gasteiger partial charge in [-0.25, -0.2) is 0 Å². The SMILES string of the molecule is CSCCC(C)n1c(=S)[nH]c2c(C)cccc21. The Morgan fingerprint density at radius 1 is 1.47 bits per heavy atom. The van der Waals surface area contributed by atoms with E-state index < -0.39 is 0 Å². The summed E-state index contributed by atoms with van der Waals surface area (Å²) in [6, 6.07) is 6.80. The quantitative estimate of drug-likeness (QED) is 0.832. The van der Waals surface area contributed by atoms with Gasteiger partial charge in [0.2, 0.25) is 0 Å². The highest BCUT2D eigenvalue weighted by atomic mass is 32.2. The highest BCUT2D eigenvalue weighted by Gasteiger charge is 2.11. The summed E-state index contributed by atoms with van der Waals surface area (Å²) in [5.41, 5.74) is 3.65. The monoisotopic (exact) mass is 266 g/mol. The van der Waals surface area contributed by atoms with Crippen molar-refractivity contribution in [3.8, 4) is 0 Å². The summed E-state index contributed by atoms with van der Waals surface area (Å²) in [6.07, 6.45) is 3.29. The molecule has 0 fully saturated rings. The average Bonchev–Trinajstić information content (AvgIpc) is 2.64. The number of hydrogen-bond acceptors (Lipinski definition) is 2. The van der Waals surface area contributed by atoms with Gasteiger partial charge in [-0.15, -0.1) is 0 Å². The molecule has 1 N–H and O–H groups in total. The number of thioether (sulfide) groups is 1. The van der Waals surface area contributed by atoms with Crippen LogP contribution in [0, 0.1) is 11.7 Å². The molecule has 1 unspecified atom stereocenters. The zero-order valence-electron chi connectivity index (χ0n) is 10.5. The van der Waals surface area contributed by atoms with Crippen molar-refractivity contribution in [2.24, 2.45) is 0 Å². The van der Waals surface area contributed by atoms with Crippen LogP contribution in [0.2, 0.25) is 0 Å². The number of nitrogens with one attached hydrogen (secondary N) is 1. The molecule has 1 aromatic heterocycles. The molecule has 92 valence electrons. The van der Waals surface area contributed by atoms with Gasteiger partial charge in [-0.2, -0.15) is 11.8 Å². The predicted molar refractivity (Wildman–Crippen MR) is 79.6 cm³/mol. The minimum absolute atomic E-state index is 0.450. The van der Waals surface area contributed by atoms with Crippen LogP contribution in [0.25, 0.3) is 11.0 Å². The second-order valence-electron chi connectivity index (χ2n) is 4.40. The van der Waals surface area contributed by atoms with Crippen LogP contribution in [0.4, 0.5) is 0 Å². The van der Waals surface area contributed by atoms with Crippen LogP contribution in [-0.4, -0.2) is 21.6 Å². The molecule has 2 nitrogen and oxygen atoms in total. The van der Waals surface area contributed by atoms with Crippen molar-refractivity contribution in [1.29, 1.82) is 0 Å². The molecule has 1 aromatic carbocycles. The predicted octanol–water partition coefficient (Wildman–Crippen LogP) is 4.32. The maximum Gasteiger partial charge on any atom is 0.178 e. The normalized spacial score (nSPS) is 13.1. The maximum atomic E-state index is 5.44. The fraction of sp³-hybridized carbons (Fsp3) is 0.462. The standard InChI is InChI=1S/C13H18N2S2/c1-9-5-4-6-11-12(9)14-13(16)15(11)10(2)7-8-17-3/h4-6,10H,7-8H2,1-3H3,(H,14,16). The van der Waals surface area contributed by atoms with Gasteiger partial charge in [-0.1, -0.05) is 12.1 Å². The molecule has 1 atom stereocenters. The topological polar surface area (TPSA) is 20.7 Å². The molecule has 1 heterocycles. The molecule has 0 bridgehead atoms. The van der Waals surface area contributed by atoms with Crippen LogP contribution in [0.5, 0.6) is 0 Å². The molecule has 0 spiro atoms. The number of nitrogens with zero attached hydrogens (tertiary/aromatic N) is 1. The van der Waals surface area contributed by atoms with Crippen LogP contribution in [-0.2, 0) is 0 Å². The smallest absolute Gasteiger partial charge is 0.178 e. The molecule has 0 amide bonds. The van der Waals surface area contributed by atoms with Crippen molar-refractivity contribution in [3.63, 3.8) is 0 Å². The van der Waals surface area contributed by atoms with Gasteiger partial charge < -0.3 is 9.55 Å². The van der Waals surface area contributed by atoms with Crippen molar-refractivity contribution >= 4 is 35.0 Å². The molecule has 17 heavy (non-hydrogen) atoms. The van der Waals surface area contributed by atoms with Gasteiger partial charge in [-0.3, -0.25) is 0 Å². The third-order valence-electron chi connectivity index (χ3n) is 3.14. The molecule has 0 saturated heterocycles. The third kappa shape index (κ3) is 2.43. The first-order chi connectivity index (χ1) is 8.15. The molecule has 0 saturated carbocycles. The van der Waals surface area contributed by atoms with Crippen LogP contribution in [0.1, 0.15) is 24.9 Å². The average molecular weight is 266 g/mol. The van der Waals surface area contributed by atoms with Crippen molar-refractivity contribution < 1.29 is 0 Å². The van der Waals surface area contributed by atoms with Crippen LogP contribution in [0.15, 0.2) is 18.2 Å². The highest BCUT2D eigenvalue weighted by molar-refractivity contribution is 7.98. The Morgan fingerprint density at radius 2 is 2.24 bits per heavy atom. The van der Waals surface area contributed by atoms with E-state index in [0.29, 0.717) is 6.04 Å². The number of imidazole rings is 1. The van der Waals surface area contributed by atoms with Crippen molar-refractivity contribution in [3.05, 3.63) is 28.5 Å². The molecular weight excluding hydrogens is 248 g/mol. The van der Waals surface area contributed by atoms with Gasteiger partial charge in [0, 0.05) is 6.04 Å². The summed E-state index contributed by atoms with van der Waals surface area (Å²) in [4.78, 5) is 3.32. The van der Waals surface area contributed by atoms with E-state index in [0.717, 1.165) is 11.2 Å². The molecule has 0 aliphatic carbocycles. The summed E-state index contributed by atoms with van der Waals surface area (Å²) in [5.74, 6) is 1.17. The summed E-state index contributed by atoms with van der Waals surface area (Å²) < 4.78 is 3.08. The van der Waals surface area contributed by atoms with Crippen molar-refractivity contribution in [2.75, 3.05) is 12.0 Å². The molecule has 0 radical (unpaired) electrons. The minimum atomic E-state index is 0.450. The van der Waals surface area contributed by atoms with E-state index >= 15 is 0 Å². The molecule has 2 aromatic rings. The van der Waals surface area contributed by atoms with E-state index in [2.05, 4.69) is 47.9 Å². The minimum Gasteiger partial charge on any atom is -0.330 e. The lowest BCUT2D eigenvalue weighted by molar-refractivity contribution is 0.543. The Morgan fingerprint density at radius 3 is 2.94 bits per heavy atom. The zero-order chi connectivity index (χ0) is 12.4. The summed E-state index contributed by atoms with van der Waals surface area (Å²) in [5, 5.41) is 0. The molecule has 2 rings (SSSR count). The van der Waals surface area contributed by atoms with Crippen molar-refractivity contribution in [1.82, 2.24) is 9.55 Å². The number of hydrogen-bond donors (Lipinski definition) is 1. The Kier molecular flexibility index (Phi) is 3.94. The second kappa shape index (κ2) is 5.27. The first-order valence-corrected chi connectivity index (χ1v) is 7.64. The van der Waals surface area contributed by atoms with E-state index in [1.165, 1.54) is 22.3 Å². The molecule has 0 aliphatic heterocycles. The van der Waals surface area contributed by atoms with Gasteiger partial charge >= 0.3 is 0 Å². The highest BCUT2D eigenvalue weighted by Crippen LogP contribution is 2.23. The third-order valence-corrected chi connectivity index (χ3v) is 4.08. The van der Waals surface area contributed by atoms with Gasteiger partial charge in [0.1, 0.15) is 0 Å². The van der Waals surface area contributed by atoms with E-state index in [4.69, 9.17) is 12.2 Å². The Labute approximate surface area is 111 Å². The maximum absolute atomic E-state index is 5.44. The lowest BCUT2D eigenvalue weighted by Gasteiger charge is -2.13. The number of fused-ring (bicyclic) bond motifs is 1. The lowest BCUT2D eigenvalue weighted by Crippen LogP contribution is -2.06. The van der Waals surface area contributed by atoms with Crippen LogP contribution in [0.3, 0.4) is 0 Å². The van der Waals surface area contributed by atoms with Gasteiger partial charge in [0.25, 0.3) is 0 Å². The number of rotatable bonds is 4. The van der Waals surface area contributed by atoms with Crippen LogP contribution >= 0.6 is 24.0 Å². The molecule has 4 heteroatoms. The fourth-order valence-corrected chi connectivity index (χ4v) is 3.10. The Balaban J connectivity index is 2.50. The van der Waals surface area contributed by atoms with E-state index in [-0.39, 0.29) is 0 Å². The van der Waals surface area contributed by atoms with E-state index in [1.807, 2.05) is 11.8 Å². The largest absolute Gasteiger partial charge is 0.330 e.